The number of nitrogens with two attached hydrogens (primary N) is 1. The molecule has 3 unspecified atom stereocenters. The fourth-order valence-corrected chi connectivity index (χ4v) is 3.79. The van der Waals surface area contributed by atoms with Gasteiger partial charge in [0.15, 0.2) is 0 Å². The number of alkyl halides is 1. The summed E-state index contributed by atoms with van der Waals surface area (Å²) in [6.45, 7) is 0.456. The Balaban J connectivity index is 2.17. The number of carbonyl (C=O) groups is 2. The predicted molar refractivity (Wildman–Crippen MR) is 72.4 cm³/mol. The zero-order valence-corrected chi connectivity index (χ0v) is 11.4. The number of halogens is 1. The fraction of sp³-hybridized carbons (Fsp3) is 0.636. The molecule has 0 aliphatic carbocycles. The molecule has 1 fully saturated rings. The topological polar surface area (TPSA) is 75.4 Å². The van der Waals surface area contributed by atoms with E-state index in [2.05, 4.69) is 5.32 Å². The van der Waals surface area contributed by atoms with Crippen LogP contribution in [0.5, 0.6) is 0 Å². The van der Waals surface area contributed by atoms with Crippen molar-refractivity contribution in [2.45, 2.75) is 6.04 Å². The Kier molecular flexibility index (Phi) is 4.40. The fourth-order valence-electron chi connectivity index (χ4n) is 2.25. The molecule has 3 N–H and O–H groups in total. The SMILES string of the molecule is NC(=O)C1CSCC2C=CN(CCCl)C(=O)NC21. The smallest absolute Gasteiger partial charge is 0.321 e. The second-order valence-electron chi connectivity index (χ2n) is 4.41. The van der Waals surface area contributed by atoms with Crippen molar-refractivity contribution in [3.63, 3.8) is 0 Å². The molecule has 0 bridgehead atoms. The zero-order valence-electron chi connectivity index (χ0n) is 9.84. The lowest BCUT2D eigenvalue weighted by atomic mass is 9.89. The van der Waals surface area contributed by atoms with Gasteiger partial charge in [0.25, 0.3) is 0 Å². The van der Waals surface area contributed by atoms with E-state index >= 15 is 0 Å². The van der Waals surface area contributed by atoms with Crippen LogP contribution in [-0.2, 0) is 4.79 Å². The van der Waals surface area contributed by atoms with Crippen LogP contribution in [0, 0.1) is 11.8 Å². The van der Waals surface area contributed by atoms with E-state index < -0.39 is 0 Å². The Morgan fingerprint density at radius 2 is 2.39 bits per heavy atom. The highest BCUT2D eigenvalue weighted by molar-refractivity contribution is 7.99. The van der Waals surface area contributed by atoms with Gasteiger partial charge in [-0.1, -0.05) is 6.08 Å². The minimum atomic E-state index is -0.350. The van der Waals surface area contributed by atoms with E-state index in [0.29, 0.717) is 18.2 Å². The van der Waals surface area contributed by atoms with Crippen LogP contribution in [0.4, 0.5) is 4.79 Å². The minimum absolute atomic E-state index is 0.144. The van der Waals surface area contributed by atoms with Gasteiger partial charge in [-0.2, -0.15) is 11.8 Å². The average molecular weight is 290 g/mol. The molecule has 1 saturated heterocycles. The summed E-state index contributed by atoms with van der Waals surface area (Å²) in [7, 11) is 0. The summed E-state index contributed by atoms with van der Waals surface area (Å²) < 4.78 is 0. The van der Waals surface area contributed by atoms with Crippen molar-refractivity contribution in [3.05, 3.63) is 12.3 Å². The largest absolute Gasteiger partial charge is 0.369 e. The first-order chi connectivity index (χ1) is 8.63. The first-order valence-electron chi connectivity index (χ1n) is 5.82. The average Bonchev–Trinajstić information content (AvgIpc) is 2.49. The number of rotatable bonds is 3. The van der Waals surface area contributed by atoms with Gasteiger partial charge in [0, 0.05) is 36.0 Å². The molecule has 3 amide bonds. The van der Waals surface area contributed by atoms with E-state index in [1.807, 2.05) is 6.08 Å². The van der Waals surface area contributed by atoms with Crippen LogP contribution < -0.4 is 11.1 Å². The molecule has 5 nitrogen and oxygen atoms in total. The molecular formula is C11H16ClN3O2S. The molecule has 2 aliphatic rings. The lowest BCUT2D eigenvalue weighted by Crippen LogP contribution is -2.53. The summed E-state index contributed by atoms with van der Waals surface area (Å²) in [5.74, 6) is 1.42. The van der Waals surface area contributed by atoms with Crippen molar-refractivity contribution in [2.75, 3.05) is 23.9 Å². The number of hydrogen-bond acceptors (Lipinski definition) is 3. The van der Waals surface area contributed by atoms with E-state index in [1.165, 1.54) is 4.90 Å². The summed E-state index contributed by atoms with van der Waals surface area (Å²) in [5, 5.41) is 2.90. The van der Waals surface area contributed by atoms with Crippen molar-refractivity contribution in [2.24, 2.45) is 17.6 Å². The highest BCUT2D eigenvalue weighted by Gasteiger charge is 2.38. The number of primary amides is 1. The van der Waals surface area contributed by atoms with Crippen LogP contribution in [0.3, 0.4) is 0 Å². The van der Waals surface area contributed by atoms with Crippen LogP contribution in [0.25, 0.3) is 0 Å². The standard InChI is InChI=1S/C11H16ClN3O2S/c12-2-4-15-3-1-7-5-18-6-8(10(13)16)9(7)14-11(15)17/h1,3,7-9H,2,4-6H2,(H2,13,16)(H,14,17). The molecule has 100 valence electrons. The van der Waals surface area contributed by atoms with Gasteiger partial charge in [-0.15, -0.1) is 11.6 Å². The number of amides is 3. The highest BCUT2D eigenvalue weighted by Crippen LogP contribution is 2.30. The molecule has 2 rings (SSSR count). The number of carbonyl (C=O) groups excluding carboxylic acids is 2. The molecule has 0 spiro atoms. The maximum Gasteiger partial charge on any atom is 0.321 e. The van der Waals surface area contributed by atoms with Gasteiger partial charge in [0.1, 0.15) is 0 Å². The van der Waals surface area contributed by atoms with Gasteiger partial charge in [-0.3, -0.25) is 4.79 Å². The zero-order chi connectivity index (χ0) is 13.1. The Morgan fingerprint density at radius 1 is 1.61 bits per heavy atom. The molecule has 0 aromatic rings. The number of urea groups is 1. The molecule has 7 heteroatoms. The highest BCUT2D eigenvalue weighted by atomic mass is 35.5. The van der Waals surface area contributed by atoms with Crippen LogP contribution in [0.15, 0.2) is 12.3 Å². The Labute approximate surface area is 115 Å². The van der Waals surface area contributed by atoms with Crippen LogP contribution in [0.2, 0.25) is 0 Å². The Morgan fingerprint density at radius 3 is 3.06 bits per heavy atom. The molecule has 0 radical (unpaired) electrons. The summed E-state index contributed by atoms with van der Waals surface area (Å²) in [6.07, 6.45) is 3.73. The lowest BCUT2D eigenvalue weighted by molar-refractivity contribution is -0.122. The maximum absolute atomic E-state index is 12.0. The van der Waals surface area contributed by atoms with Crippen molar-refractivity contribution in [1.82, 2.24) is 10.2 Å². The first kappa shape index (κ1) is 13.5. The van der Waals surface area contributed by atoms with E-state index in [4.69, 9.17) is 17.3 Å². The van der Waals surface area contributed by atoms with Gasteiger partial charge in [-0.05, 0) is 0 Å². The summed E-state index contributed by atoms with van der Waals surface area (Å²) >= 11 is 7.35. The first-order valence-corrected chi connectivity index (χ1v) is 7.51. The van der Waals surface area contributed by atoms with Crippen LogP contribution >= 0.6 is 23.4 Å². The van der Waals surface area contributed by atoms with Crippen molar-refractivity contribution >= 4 is 35.3 Å². The van der Waals surface area contributed by atoms with Crippen molar-refractivity contribution < 1.29 is 9.59 Å². The second-order valence-corrected chi connectivity index (χ2v) is 5.86. The summed E-state index contributed by atoms with van der Waals surface area (Å²) in [4.78, 5) is 24.9. The molecule has 0 aromatic carbocycles. The van der Waals surface area contributed by atoms with Crippen molar-refractivity contribution in [3.8, 4) is 0 Å². The number of nitrogens with one attached hydrogen (secondary N) is 1. The van der Waals surface area contributed by atoms with Gasteiger partial charge >= 0.3 is 6.03 Å². The molecule has 0 saturated carbocycles. The van der Waals surface area contributed by atoms with E-state index in [0.717, 1.165) is 5.75 Å². The van der Waals surface area contributed by atoms with Gasteiger partial charge in [-0.25, -0.2) is 4.79 Å². The maximum atomic E-state index is 12.0. The third-order valence-electron chi connectivity index (χ3n) is 3.26. The Hall–Kier alpha value is -0.880. The normalized spacial score (nSPS) is 31.5. The van der Waals surface area contributed by atoms with Gasteiger partial charge in [0.05, 0.1) is 12.0 Å². The second kappa shape index (κ2) is 5.84. The molecule has 2 heterocycles. The lowest BCUT2D eigenvalue weighted by Gasteiger charge is -2.34. The number of thioether (sulfide) groups is 1. The third kappa shape index (κ3) is 2.75. The molecule has 0 aromatic heterocycles. The number of fused-ring (bicyclic) bond motifs is 1. The quantitative estimate of drug-likeness (QED) is 0.747. The molecular weight excluding hydrogens is 274 g/mol. The molecule has 2 aliphatic heterocycles. The molecule has 3 atom stereocenters. The van der Waals surface area contributed by atoms with Crippen LogP contribution in [0.1, 0.15) is 0 Å². The van der Waals surface area contributed by atoms with E-state index in [1.54, 1.807) is 18.0 Å². The van der Waals surface area contributed by atoms with Gasteiger partial charge in [0.2, 0.25) is 5.91 Å². The Bertz CT molecular complexity index is 377. The summed E-state index contributed by atoms with van der Waals surface area (Å²) in [5.41, 5.74) is 5.40. The van der Waals surface area contributed by atoms with Crippen LogP contribution in [-0.4, -0.2) is 46.8 Å². The summed E-state index contributed by atoms with van der Waals surface area (Å²) in [6, 6.07) is -0.412. The number of hydrogen-bond donors (Lipinski definition) is 2. The van der Waals surface area contributed by atoms with E-state index in [9.17, 15) is 9.59 Å². The predicted octanol–water partition coefficient (Wildman–Crippen LogP) is 0.597. The van der Waals surface area contributed by atoms with E-state index in [-0.39, 0.29) is 29.8 Å². The van der Waals surface area contributed by atoms with Crippen molar-refractivity contribution in [1.29, 1.82) is 0 Å². The minimum Gasteiger partial charge on any atom is -0.369 e. The molecule has 18 heavy (non-hydrogen) atoms. The third-order valence-corrected chi connectivity index (χ3v) is 4.64. The monoisotopic (exact) mass is 289 g/mol. The number of nitrogens with zero attached hydrogens (tertiary/aromatic N) is 1. The van der Waals surface area contributed by atoms with Gasteiger partial charge < -0.3 is 16.0 Å².